The lowest BCUT2D eigenvalue weighted by atomic mass is 10.2. The molecule has 0 aromatic heterocycles. The minimum Gasteiger partial charge on any atom is -0.497 e. The first-order chi connectivity index (χ1) is 17.3. The molecule has 0 aliphatic carbocycles. The second kappa shape index (κ2) is 11.1. The van der Waals surface area contributed by atoms with E-state index in [1.165, 1.54) is 28.6 Å². The molecule has 7 nitrogen and oxygen atoms in total. The number of carbonyl (C=O) groups is 1. The summed E-state index contributed by atoms with van der Waals surface area (Å²) in [5.74, 6) is 0.114. The number of hydrogen-bond donors (Lipinski definition) is 0. The zero-order chi connectivity index (χ0) is 25.7. The van der Waals surface area contributed by atoms with Crippen molar-refractivity contribution >= 4 is 21.6 Å². The maximum Gasteiger partial charge on any atom is 0.243 e. The molecule has 9 heteroatoms. The summed E-state index contributed by atoms with van der Waals surface area (Å²) in [4.78, 5) is 17.2. The lowest BCUT2D eigenvalue weighted by molar-refractivity contribution is -0.131. The lowest BCUT2D eigenvalue weighted by Gasteiger charge is -2.37. The Hall–Kier alpha value is -3.43. The number of sulfonamides is 1. The van der Waals surface area contributed by atoms with Crippen LogP contribution in [0.5, 0.6) is 5.75 Å². The second-order valence-corrected chi connectivity index (χ2v) is 10.7. The highest BCUT2D eigenvalue weighted by atomic mass is 32.2. The van der Waals surface area contributed by atoms with Gasteiger partial charge >= 0.3 is 0 Å². The van der Waals surface area contributed by atoms with Crippen molar-refractivity contribution in [2.24, 2.45) is 0 Å². The van der Waals surface area contributed by atoms with Crippen LogP contribution < -0.4 is 9.64 Å². The molecule has 36 heavy (non-hydrogen) atoms. The van der Waals surface area contributed by atoms with E-state index < -0.39 is 15.8 Å². The number of amides is 1. The fraction of sp³-hybridized carbons (Fsp3) is 0.296. The second-order valence-electron chi connectivity index (χ2n) is 8.78. The number of aryl methyl sites for hydroxylation is 1. The number of rotatable bonds is 8. The van der Waals surface area contributed by atoms with Crippen molar-refractivity contribution in [1.29, 1.82) is 0 Å². The van der Waals surface area contributed by atoms with Crippen molar-refractivity contribution < 1.29 is 22.3 Å². The molecule has 1 aliphatic rings. The summed E-state index contributed by atoms with van der Waals surface area (Å²) in [5, 5.41) is 0. The number of hydrogen-bond acceptors (Lipinski definition) is 5. The van der Waals surface area contributed by atoms with Crippen LogP contribution in [0.1, 0.15) is 11.1 Å². The Morgan fingerprint density at radius 3 is 2.11 bits per heavy atom. The lowest BCUT2D eigenvalue weighted by Crippen LogP contribution is -2.51. The monoisotopic (exact) mass is 511 g/mol. The summed E-state index contributed by atoms with van der Waals surface area (Å²) in [7, 11) is -2.33. The van der Waals surface area contributed by atoms with Gasteiger partial charge < -0.3 is 14.5 Å². The van der Waals surface area contributed by atoms with Crippen molar-refractivity contribution in [3.63, 3.8) is 0 Å². The molecule has 3 aromatic rings. The molecule has 1 aliphatic heterocycles. The molecule has 0 saturated carbocycles. The quantitative estimate of drug-likeness (QED) is 0.462. The molecule has 0 unspecified atom stereocenters. The van der Waals surface area contributed by atoms with Crippen LogP contribution in [0.2, 0.25) is 0 Å². The number of methoxy groups -OCH3 is 1. The average molecular weight is 512 g/mol. The summed E-state index contributed by atoms with van der Waals surface area (Å²) >= 11 is 0. The van der Waals surface area contributed by atoms with Crippen molar-refractivity contribution in [2.45, 2.75) is 18.4 Å². The Bertz CT molecular complexity index is 1270. The molecule has 0 radical (unpaired) electrons. The maximum atomic E-state index is 13.5. The maximum absolute atomic E-state index is 13.5. The van der Waals surface area contributed by atoms with Crippen molar-refractivity contribution in [3.05, 3.63) is 89.7 Å². The number of anilines is 1. The third-order valence-corrected chi connectivity index (χ3v) is 8.12. The molecular formula is C27H30FN3O4S. The van der Waals surface area contributed by atoms with E-state index in [2.05, 4.69) is 4.90 Å². The molecule has 1 amide bonds. The van der Waals surface area contributed by atoms with E-state index in [0.717, 1.165) is 17.0 Å². The number of piperazine rings is 1. The summed E-state index contributed by atoms with van der Waals surface area (Å²) in [6.45, 7) is 3.80. The first kappa shape index (κ1) is 25.7. The van der Waals surface area contributed by atoms with Crippen LogP contribution in [0.4, 0.5) is 10.1 Å². The minimum absolute atomic E-state index is 0.0337. The highest BCUT2D eigenvalue weighted by Gasteiger charge is 2.30. The summed E-state index contributed by atoms with van der Waals surface area (Å²) < 4.78 is 46.8. The van der Waals surface area contributed by atoms with E-state index in [4.69, 9.17) is 4.74 Å². The first-order valence-corrected chi connectivity index (χ1v) is 13.2. The third kappa shape index (κ3) is 6.03. The van der Waals surface area contributed by atoms with Gasteiger partial charge in [0.1, 0.15) is 11.6 Å². The normalized spacial score (nSPS) is 14.2. The fourth-order valence-corrected chi connectivity index (χ4v) is 5.51. The smallest absolute Gasteiger partial charge is 0.243 e. The third-order valence-electron chi connectivity index (χ3n) is 6.31. The van der Waals surface area contributed by atoms with Gasteiger partial charge in [0, 0.05) is 38.4 Å². The van der Waals surface area contributed by atoms with Crippen LogP contribution in [0.3, 0.4) is 0 Å². The van der Waals surface area contributed by atoms with Crippen LogP contribution in [0, 0.1) is 12.7 Å². The molecule has 0 bridgehead atoms. The van der Waals surface area contributed by atoms with Crippen LogP contribution in [-0.4, -0.2) is 63.4 Å². The van der Waals surface area contributed by atoms with Gasteiger partial charge in [-0.3, -0.25) is 4.79 Å². The fourth-order valence-electron chi connectivity index (χ4n) is 4.14. The van der Waals surface area contributed by atoms with E-state index in [0.29, 0.717) is 31.7 Å². The zero-order valence-electron chi connectivity index (χ0n) is 20.4. The molecule has 0 N–H and O–H groups in total. The zero-order valence-corrected chi connectivity index (χ0v) is 21.2. The number of carbonyl (C=O) groups excluding carboxylic acids is 1. The van der Waals surface area contributed by atoms with Gasteiger partial charge in [-0.05, 0) is 61.0 Å². The molecule has 0 spiro atoms. The Morgan fingerprint density at radius 2 is 1.53 bits per heavy atom. The van der Waals surface area contributed by atoms with Gasteiger partial charge in [-0.1, -0.05) is 29.8 Å². The first-order valence-electron chi connectivity index (χ1n) is 11.7. The molecule has 1 saturated heterocycles. The van der Waals surface area contributed by atoms with Gasteiger partial charge in [0.25, 0.3) is 0 Å². The van der Waals surface area contributed by atoms with Crippen molar-refractivity contribution in [2.75, 3.05) is 44.7 Å². The predicted octanol–water partition coefficient (Wildman–Crippen LogP) is 3.68. The molecule has 1 fully saturated rings. The van der Waals surface area contributed by atoms with Crippen LogP contribution in [-0.2, 0) is 21.4 Å². The Morgan fingerprint density at radius 1 is 0.917 bits per heavy atom. The number of ether oxygens (including phenoxy) is 1. The van der Waals surface area contributed by atoms with E-state index in [-0.39, 0.29) is 23.9 Å². The largest absolute Gasteiger partial charge is 0.497 e. The average Bonchev–Trinajstić information content (AvgIpc) is 2.90. The highest BCUT2D eigenvalue weighted by molar-refractivity contribution is 7.89. The van der Waals surface area contributed by atoms with Crippen LogP contribution in [0.25, 0.3) is 0 Å². The van der Waals surface area contributed by atoms with Crippen LogP contribution >= 0.6 is 0 Å². The van der Waals surface area contributed by atoms with Crippen LogP contribution in [0.15, 0.2) is 77.7 Å². The summed E-state index contributed by atoms with van der Waals surface area (Å²) in [6, 6.07) is 19.9. The van der Waals surface area contributed by atoms with E-state index in [9.17, 15) is 17.6 Å². The predicted molar refractivity (Wildman–Crippen MR) is 137 cm³/mol. The van der Waals surface area contributed by atoms with Gasteiger partial charge in [-0.15, -0.1) is 0 Å². The van der Waals surface area contributed by atoms with Gasteiger partial charge in [0.15, 0.2) is 0 Å². The molecular weight excluding hydrogens is 481 g/mol. The van der Waals surface area contributed by atoms with Gasteiger partial charge in [-0.2, -0.15) is 4.31 Å². The van der Waals surface area contributed by atoms with E-state index >= 15 is 0 Å². The molecule has 3 aromatic carbocycles. The number of benzene rings is 3. The van der Waals surface area contributed by atoms with E-state index in [1.54, 1.807) is 36.3 Å². The molecule has 4 rings (SSSR count). The SMILES string of the molecule is COc1ccc(N2CCN(C(=O)CN(Cc3ccc(F)cc3)S(=O)(=O)c3ccc(C)cc3)CC2)cc1. The van der Waals surface area contributed by atoms with Crippen molar-refractivity contribution in [3.8, 4) is 5.75 Å². The Labute approximate surface area is 211 Å². The van der Waals surface area contributed by atoms with Gasteiger partial charge in [0.2, 0.25) is 15.9 Å². The standard InChI is InChI=1S/C27H30FN3O4S/c1-21-3-13-26(14-4-21)36(33,34)31(19-22-5-7-23(28)8-6-22)20-27(32)30-17-15-29(16-18-30)24-9-11-25(35-2)12-10-24/h3-14H,15-20H2,1-2H3. The van der Waals surface area contributed by atoms with E-state index in [1.807, 2.05) is 31.2 Å². The van der Waals surface area contributed by atoms with Gasteiger partial charge in [0.05, 0.1) is 18.6 Å². The topological polar surface area (TPSA) is 70.2 Å². The Kier molecular flexibility index (Phi) is 7.91. The van der Waals surface area contributed by atoms with Gasteiger partial charge in [-0.25, -0.2) is 12.8 Å². The minimum atomic E-state index is -3.95. The summed E-state index contributed by atoms with van der Waals surface area (Å²) in [6.07, 6.45) is 0. The molecule has 1 heterocycles. The summed E-state index contributed by atoms with van der Waals surface area (Å²) in [5.41, 5.74) is 2.58. The highest BCUT2D eigenvalue weighted by Crippen LogP contribution is 2.22. The Balaban J connectivity index is 1.47. The molecule has 0 atom stereocenters. The molecule has 190 valence electrons. The number of nitrogens with zero attached hydrogens (tertiary/aromatic N) is 3. The number of halogens is 1. The van der Waals surface area contributed by atoms with Crippen molar-refractivity contribution in [1.82, 2.24) is 9.21 Å².